The van der Waals surface area contributed by atoms with E-state index in [0.29, 0.717) is 5.82 Å². The molecular formula is C16H15F3N4O. The molecule has 0 aliphatic heterocycles. The van der Waals surface area contributed by atoms with Crippen LogP contribution in [-0.2, 0) is 11.0 Å². The summed E-state index contributed by atoms with van der Waals surface area (Å²) in [5.41, 5.74) is -0.491. The Bertz CT molecular complexity index is 727. The van der Waals surface area contributed by atoms with Crippen LogP contribution in [0.3, 0.4) is 0 Å². The summed E-state index contributed by atoms with van der Waals surface area (Å²) >= 11 is 0. The van der Waals surface area contributed by atoms with Crippen LogP contribution in [0.15, 0.2) is 36.4 Å². The first-order valence-electron chi connectivity index (χ1n) is 7.51. The summed E-state index contributed by atoms with van der Waals surface area (Å²) in [6.07, 6.45) is -1.58. The van der Waals surface area contributed by atoms with Gasteiger partial charge in [0.15, 0.2) is 11.6 Å². The van der Waals surface area contributed by atoms with E-state index >= 15 is 0 Å². The Hall–Kier alpha value is -2.64. The van der Waals surface area contributed by atoms with E-state index in [1.54, 1.807) is 12.1 Å². The molecule has 1 fully saturated rings. The van der Waals surface area contributed by atoms with Crippen molar-refractivity contribution in [2.45, 2.75) is 25.4 Å². The fourth-order valence-corrected chi connectivity index (χ4v) is 2.29. The highest BCUT2D eigenvalue weighted by Gasteiger charge is 2.30. The number of nitrogens with one attached hydrogen (secondary N) is 2. The Labute approximate surface area is 136 Å². The summed E-state index contributed by atoms with van der Waals surface area (Å²) in [4.78, 5) is 11.8. The quantitative estimate of drug-likeness (QED) is 0.886. The molecule has 1 aromatic heterocycles. The number of hydrogen-bond acceptors (Lipinski definition) is 4. The van der Waals surface area contributed by atoms with Crippen molar-refractivity contribution < 1.29 is 18.0 Å². The second-order valence-corrected chi connectivity index (χ2v) is 5.62. The molecule has 1 saturated carbocycles. The molecule has 0 spiro atoms. The summed E-state index contributed by atoms with van der Waals surface area (Å²) in [7, 11) is 0. The fourth-order valence-electron chi connectivity index (χ4n) is 2.29. The number of benzene rings is 1. The molecular weight excluding hydrogens is 321 g/mol. The molecule has 1 amide bonds. The number of halogens is 3. The molecule has 1 aliphatic rings. The molecule has 3 rings (SSSR count). The SMILES string of the molecule is O=C(Nc1ccc(Nc2cccc(C(F)(F)F)c2)nn1)C1CCC1. The van der Waals surface area contributed by atoms with E-state index < -0.39 is 11.7 Å². The Kier molecular flexibility index (Phi) is 4.37. The van der Waals surface area contributed by atoms with E-state index in [-0.39, 0.29) is 23.3 Å². The Balaban J connectivity index is 1.65. The van der Waals surface area contributed by atoms with Crippen molar-refractivity contribution in [2.24, 2.45) is 5.92 Å². The first-order valence-corrected chi connectivity index (χ1v) is 7.51. The third-order valence-electron chi connectivity index (χ3n) is 3.85. The number of nitrogens with zero attached hydrogens (tertiary/aromatic N) is 2. The highest BCUT2D eigenvalue weighted by Crippen LogP contribution is 2.31. The van der Waals surface area contributed by atoms with Crippen molar-refractivity contribution in [1.29, 1.82) is 0 Å². The third-order valence-corrected chi connectivity index (χ3v) is 3.85. The minimum Gasteiger partial charge on any atom is -0.339 e. The smallest absolute Gasteiger partial charge is 0.339 e. The van der Waals surface area contributed by atoms with Gasteiger partial charge in [-0.15, -0.1) is 10.2 Å². The molecule has 0 saturated heterocycles. The van der Waals surface area contributed by atoms with Gasteiger partial charge in [-0.2, -0.15) is 13.2 Å². The lowest BCUT2D eigenvalue weighted by Crippen LogP contribution is -2.28. The maximum Gasteiger partial charge on any atom is 0.416 e. The van der Waals surface area contributed by atoms with E-state index in [9.17, 15) is 18.0 Å². The number of carbonyl (C=O) groups excluding carboxylic acids is 1. The van der Waals surface area contributed by atoms with Crippen molar-refractivity contribution in [1.82, 2.24) is 10.2 Å². The Morgan fingerprint density at radius 1 is 1.08 bits per heavy atom. The number of amides is 1. The molecule has 2 aromatic rings. The lowest BCUT2D eigenvalue weighted by Gasteiger charge is -2.23. The van der Waals surface area contributed by atoms with E-state index in [0.717, 1.165) is 31.4 Å². The molecule has 0 atom stereocenters. The molecule has 126 valence electrons. The van der Waals surface area contributed by atoms with Gasteiger partial charge in [0.2, 0.25) is 5.91 Å². The third kappa shape index (κ3) is 3.81. The second-order valence-electron chi connectivity index (χ2n) is 5.62. The Morgan fingerprint density at radius 2 is 1.79 bits per heavy atom. The molecule has 8 heteroatoms. The summed E-state index contributed by atoms with van der Waals surface area (Å²) in [5.74, 6) is 0.571. The Morgan fingerprint density at radius 3 is 2.38 bits per heavy atom. The molecule has 24 heavy (non-hydrogen) atoms. The predicted molar refractivity (Wildman–Crippen MR) is 82.7 cm³/mol. The van der Waals surface area contributed by atoms with Gasteiger partial charge in [0.05, 0.1) is 5.56 Å². The van der Waals surface area contributed by atoms with Crippen LogP contribution in [0.25, 0.3) is 0 Å². The molecule has 1 aliphatic carbocycles. The van der Waals surface area contributed by atoms with Gasteiger partial charge in [-0.3, -0.25) is 4.79 Å². The van der Waals surface area contributed by atoms with Crippen LogP contribution >= 0.6 is 0 Å². The van der Waals surface area contributed by atoms with Crippen LogP contribution in [-0.4, -0.2) is 16.1 Å². The predicted octanol–water partition coefficient (Wildman–Crippen LogP) is 3.98. The first-order chi connectivity index (χ1) is 11.4. The minimum atomic E-state index is -4.40. The molecule has 0 bridgehead atoms. The van der Waals surface area contributed by atoms with Crippen molar-refractivity contribution in [2.75, 3.05) is 10.6 Å². The van der Waals surface area contributed by atoms with E-state index in [4.69, 9.17) is 0 Å². The molecule has 5 nitrogen and oxygen atoms in total. The zero-order chi connectivity index (χ0) is 17.2. The summed E-state index contributed by atoms with van der Waals surface area (Å²) < 4.78 is 38.1. The largest absolute Gasteiger partial charge is 0.416 e. The van der Waals surface area contributed by atoms with Crippen molar-refractivity contribution in [3.8, 4) is 0 Å². The zero-order valence-electron chi connectivity index (χ0n) is 12.6. The molecule has 0 unspecified atom stereocenters. The number of hydrogen-bond donors (Lipinski definition) is 2. The van der Waals surface area contributed by atoms with Gasteiger partial charge in [0, 0.05) is 11.6 Å². The summed E-state index contributed by atoms with van der Waals surface area (Å²) in [6, 6.07) is 7.90. The van der Waals surface area contributed by atoms with Gasteiger partial charge in [-0.1, -0.05) is 12.5 Å². The normalized spacial score (nSPS) is 14.8. The maximum atomic E-state index is 12.7. The van der Waals surface area contributed by atoms with Gasteiger partial charge < -0.3 is 10.6 Å². The number of anilines is 3. The van der Waals surface area contributed by atoms with Gasteiger partial charge in [-0.25, -0.2) is 0 Å². The highest BCUT2D eigenvalue weighted by atomic mass is 19.4. The van der Waals surface area contributed by atoms with Crippen molar-refractivity contribution in [3.05, 3.63) is 42.0 Å². The lowest BCUT2D eigenvalue weighted by molar-refractivity contribution is -0.137. The number of rotatable bonds is 4. The minimum absolute atomic E-state index is 0.0368. The maximum absolute atomic E-state index is 12.7. The summed E-state index contributed by atoms with van der Waals surface area (Å²) in [5, 5.41) is 13.2. The van der Waals surface area contributed by atoms with Crippen LogP contribution in [0.4, 0.5) is 30.5 Å². The summed E-state index contributed by atoms with van der Waals surface area (Å²) in [6.45, 7) is 0. The van der Waals surface area contributed by atoms with E-state index in [1.165, 1.54) is 12.1 Å². The molecule has 1 aromatic carbocycles. The van der Waals surface area contributed by atoms with E-state index in [2.05, 4.69) is 20.8 Å². The van der Waals surface area contributed by atoms with Crippen LogP contribution in [0.5, 0.6) is 0 Å². The number of alkyl halides is 3. The van der Waals surface area contributed by atoms with Crippen LogP contribution in [0.1, 0.15) is 24.8 Å². The van der Waals surface area contributed by atoms with E-state index in [1.807, 2.05) is 0 Å². The molecule has 0 radical (unpaired) electrons. The fraction of sp³-hybridized carbons (Fsp3) is 0.312. The topological polar surface area (TPSA) is 66.9 Å². The first kappa shape index (κ1) is 16.2. The second kappa shape index (κ2) is 6.46. The van der Waals surface area contributed by atoms with Crippen LogP contribution < -0.4 is 10.6 Å². The van der Waals surface area contributed by atoms with Crippen molar-refractivity contribution >= 4 is 23.2 Å². The van der Waals surface area contributed by atoms with Crippen LogP contribution in [0, 0.1) is 5.92 Å². The van der Waals surface area contributed by atoms with Gasteiger partial charge in [0.25, 0.3) is 0 Å². The molecule has 2 N–H and O–H groups in total. The lowest BCUT2D eigenvalue weighted by atomic mass is 9.85. The van der Waals surface area contributed by atoms with Gasteiger partial charge >= 0.3 is 6.18 Å². The van der Waals surface area contributed by atoms with Gasteiger partial charge in [-0.05, 0) is 43.2 Å². The van der Waals surface area contributed by atoms with Crippen molar-refractivity contribution in [3.63, 3.8) is 0 Å². The average molecular weight is 336 g/mol. The molecule has 1 heterocycles. The number of carbonyl (C=O) groups is 1. The average Bonchev–Trinajstić information content (AvgIpc) is 2.47. The zero-order valence-corrected chi connectivity index (χ0v) is 12.6. The number of aromatic nitrogens is 2. The van der Waals surface area contributed by atoms with Gasteiger partial charge in [0.1, 0.15) is 0 Å². The standard InChI is InChI=1S/C16H15F3N4O/c17-16(18,19)11-5-2-6-12(9-11)20-13-7-8-14(23-22-13)21-15(24)10-3-1-4-10/h2,5-10H,1,3-4H2,(H,20,22)(H,21,23,24). The highest BCUT2D eigenvalue weighted by molar-refractivity contribution is 5.92. The monoisotopic (exact) mass is 336 g/mol. The van der Waals surface area contributed by atoms with Crippen LogP contribution in [0.2, 0.25) is 0 Å².